The average Bonchev–Trinajstić information content (AvgIpc) is 3.03. The van der Waals surface area contributed by atoms with Crippen molar-refractivity contribution < 1.29 is 13.9 Å². The van der Waals surface area contributed by atoms with E-state index >= 15 is 0 Å². The summed E-state index contributed by atoms with van der Waals surface area (Å²) in [6.07, 6.45) is -0.0820. The van der Waals surface area contributed by atoms with E-state index < -0.39 is 11.7 Å². The minimum Gasteiger partial charge on any atom is -0.487 e. The smallest absolute Gasteiger partial charge is 0.257 e. The second-order valence-corrected chi connectivity index (χ2v) is 7.75. The number of likely N-dealkylation sites (tertiary alicyclic amines) is 1. The summed E-state index contributed by atoms with van der Waals surface area (Å²) < 4.78 is 19.5. The Balaban J connectivity index is 1.57. The van der Waals surface area contributed by atoms with Gasteiger partial charge in [-0.1, -0.05) is 11.6 Å². The fourth-order valence-corrected chi connectivity index (χ4v) is 3.54. The Labute approximate surface area is 172 Å². The first-order valence-corrected chi connectivity index (χ1v) is 9.75. The minimum atomic E-state index is -0.462. The lowest BCUT2D eigenvalue weighted by Crippen LogP contribution is -2.50. The van der Waals surface area contributed by atoms with Crippen LogP contribution in [0.5, 0.6) is 5.75 Å². The summed E-state index contributed by atoms with van der Waals surface area (Å²) >= 11 is 6.15. The van der Waals surface area contributed by atoms with Crippen molar-refractivity contribution >= 4 is 23.2 Å². The van der Waals surface area contributed by atoms with Crippen molar-refractivity contribution in [3.8, 4) is 5.75 Å². The molecule has 0 radical (unpaired) electrons. The number of nitrogens with zero attached hydrogens (tertiary/aromatic N) is 3. The van der Waals surface area contributed by atoms with Crippen LogP contribution in [-0.2, 0) is 0 Å². The van der Waals surface area contributed by atoms with E-state index in [1.165, 1.54) is 18.2 Å². The summed E-state index contributed by atoms with van der Waals surface area (Å²) in [7, 11) is 0. The normalized spacial score (nSPS) is 19.4. The van der Waals surface area contributed by atoms with Gasteiger partial charge in [0.1, 0.15) is 23.5 Å². The van der Waals surface area contributed by atoms with Gasteiger partial charge in [0.25, 0.3) is 5.91 Å². The van der Waals surface area contributed by atoms with Gasteiger partial charge in [-0.25, -0.2) is 14.4 Å². The summed E-state index contributed by atoms with van der Waals surface area (Å²) in [5, 5.41) is 11.9. The van der Waals surface area contributed by atoms with E-state index in [2.05, 4.69) is 15.3 Å². The summed E-state index contributed by atoms with van der Waals surface area (Å²) in [4.78, 5) is 23.5. The van der Waals surface area contributed by atoms with Crippen LogP contribution in [0.3, 0.4) is 0 Å². The van der Waals surface area contributed by atoms with Gasteiger partial charge >= 0.3 is 0 Å². The molecule has 7 nitrogen and oxygen atoms in total. The molecule has 1 unspecified atom stereocenters. The molecule has 1 aromatic carbocycles. The first-order chi connectivity index (χ1) is 13.8. The number of hydrogen-bond acceptors (Lipinski definition) is 6. The van der Waals surface area contributed by atoms with E-state index in [-0.39, 0.29) is 36.4 Å². The number of hydrogen-bond donors (Lipinski definition) is 2. The van der Waals surface area contributed by atoms with Gasteiger partial charge < -0.3 is 20.4 Å². The molecule has 2 N–H and O–H groups in total. The van der Waals surface area contributed by atoms with Crippen molar-refractivity contribution in [1.29, 1.82) is 5.41 Å². The Morgan fingerprint density at radius 3 is 2.62 bits per heavy atom. The summed E-state index contributed by atoms with van der Waals surface area (Å²) in [6, 6.07) is 3.91. The molecule has 9 heteroatoms. The molecular formula is C20H21ClFN5O2. The van der Waals surface area contributed by atoms with Crippen LogP contribution in [-0.4, -0.2) is 58.8 Å². The molecule has 0 spiro atoms. The Morgan fingerprint density at radius 1 is 1.31 bits per heavy atom. The van der Waals surface area contributed by atoms with Gasteiger partial charge in [0.15, 0.2) is 0 Å². The first kappa shape index (κ1) is 19.7. The lowest BCUT2D eigenvalue weighted by Gasteiger charge is -2.29. The number of carbonyl (C=O) groups excluding carboxylic acids is 1. The standard InChI is InChI=1S/C20H21ClFN5O2/c1-10-18(21)11(2)26-19(25-10)15-8-27(9-16(15)23)20(28)14-4-3-12(22)5-17(14)29-13-6-24-7-13/h3-5,13,15,23-24H,6-9H2,1-2H3. The molecule has 1 amide bonds. The van der Waals surface area contributed by atoms with Crippen LogP contribution < -0.4 is 10.1 Å². The zero-order chi connectivity index (χ0) is 20.7. The molecule has 152 valence electrons. The highest BCUT2D eigenvalue weighted by Gasteiger charge is 2.36. The van der Waals surface area contributed by atoms with Gasteiger partial charge in [0, 0.05) is 31.4 Å². The number of halogens is 2. The van der Waals surface area contributed by atoms with Crippen LogP contribution in [0.25, 0.3) is 0 Å². The van der Waals surface area contributed by atoms with Crippen molar-refractivity contribution in [2.24, 2.45) is 0 Å². The Hall–Kier alpha value is -2.58. The third-order valence-corrected chi connectivity index (χ3v) is 5.74. The fraction of sp³-hybridized carbons (Fsp3) is 0.400. The Morgan fingerprint density at radius 2 is 2.00 bits per heavy atom. The van der Waals surface area contributed by atoms with E-state index in [1.54, 1.807) is 18.7 Å². The van der Waals surface area contributed by atoms with Crippen molar-refractivity contribution in [1.82, 2.24) is 20.2 Å². The van der Waals surface area contributed by atoms with Gasteiger partial charge in [-0.15, -0.1) is 0 Å². The maximum atomic E-state index is 13.7. The number of benzene rings is 1. The highest BCUT2D eigenvalue weighted by Crippen LogP contribution is 2.29. The van der Waals surface area contributed by atoms with Crippen LogP contribution in [0, 0.1) is 25.1 Å². The Bertz CT molecular complexity index is 972. The van der Waals surface area contributed by atoms with Crippen LogP contribution in [0.15, 0.2) is 18.2 Å². The maximum absolute atomic E-state index is 13.7. The SMILES string of the molecule is Cc1nc(C2CN(C(=O)c3ccc(F)cc3OC3CNC3)CC2=N)nc(C)c1Cl. The lowest BCUT2D eigenvalue weighted by molar-refractivity contribution is 0.0781. The number of carbonyl (C=O) groups is 1. The van der Waals surface area contributed by atoms with Crippen LogP contribution in [0.2, 0.25) is 5.02 Å². The van der Waals surface area contributed by atoms with Crippen LogP contribution >= 0.6 is 11.6 Å². The van der Waals surface area contributed by atoms with E-state index in [9.17, 15) is 9.18 Å². The van der Waals surface area contributed by atoms with Crippen molar-refractivity contribution in [3.63, 3.8) is 0 Å². The van der Waals surface area contributed by atoms with Crippen LogP contribution in [0.4, 0.5) is 4.39 Å². The van der Waals surface area contributed by atoms with Crippen molar-refractivity contribution in [2.45, 2.75) is 25.9 Å². The maximum Gasteiger partial charge on any atom is 0.257 e. The van der Waals surface area contributed by atoms with E-state index in [0.29, 0.717) is 41.0 Å². The summed E-state index contributed by atoms with van der Waals surface area (Å²) in [6.45, 7) is 5.34. The van der Waals surface area contributed by atoms with E-state index in [0.717, 1.165) is 0 Å². The molecule has 1 atom stereocenters. The average molecular weight is 418 g/mol. The molecule has 2 fully saturated rings. The zero-order valence-electron chi connectivity index (χ0n) is 16.1. The van der Waals surface area contributed by atoms with Gasteiger partial charge in [0.2, 0.25) is 0 Å². The molecule has 0 bridgehead atoms. The third kappa shape index (κ3) is 3.82. The lowest BCUT2D eigenvalue weighted by atomic mass is 10.1. The number of rotatable bonds is 4. The van der Waals surface area contributed by atoms with Crippen molar-refractivity contribution in [2.75, 3.05) is 26.2 Å². The highest BCUT2D eigenvalue weighted by atomic mass is 35.5. The number of nitrogens with one attached hydrogen (secondary N) is 2. The zero-order valence-corrected chi connectivity index (χ0v) is 16.9. The summed E-state index contributed by atoms with van der Waals surface area (Å²) in [5.74, 6) is -0.445. The minimum absolute atomic E-state index is 0.0820. The molecule has 2 saturated heterocycles. The molecular weight excluding hydrogens is 397 g/mol. The molecule has 4 rings (SSSR count). The predicted molar refractivity (Wildman–Crippen MR) is 107 cm³/mol. The first-order valence-electron chi connectivity index (χ1n) is 9.37. The topological polar surface area (TPSA) is 91.2 Å². The number of aryl methyl sites for hydroxylation is 2. The van der Waals surface area contributed by atoms with Gasteiger partial charge in [-0.05, 0) is 26.0 Å². The third-order valence-electron chi connectivity index (χ3n) is 5.20. The quantitative estimate of drug-likeness (QED) is 0.797. The largest absolute Gasteiger partial charge is 0.487 e. The molecule has 2 aliphatic heterocycles. The second-order valence-electron chi connectivity index (χ2n) is 7.37. The molecule has 29 heavy (non-hydrogen) atoms. The predicted octanol–water partition coefficient (Wildman–Crippen LogP) is 2.50. The monoisotopic (exact) mass is 417 g/mol. The number of amides is 1. The van der Waals surface area contributed by atoms with Crippen LogP contribution in [0.1, 0.15) is 33.5 Å². The van der Waals surface area contributed by atoms with Gasteiger partial charge in [0.05, 0.1) is 34.4 Å². The molecule has 2 aromatic rings. The molecule has 1 aromatic heterocycles. The molecule has 3 heterocycles. The van der Waals surface area contributed by atoms with Crippen molar-refractivity contribution in [3.05, 3.63) is 51.8 Å². The highest BCUT2D eigenvalue weighted by molar-refractivity contribution is 6.31. The Kier molecular flexibility index (Phi) is 5.23. The molecule has 0 aliphatic carbocycles. The number of ether oxygens (including phenoxy) is 1. The fourth-order valence-electron chi connectivity index (χ4n) is 3.45. The van der Waals surface area contributed by atoms with Gasteiger partial charge in [-0.3, -0.25) is 4.79 Å². The van der Waals surface area contributed by atoms with Gasteiger partial charge in [-0.2, -0.15) is 0 Å². The van der Waals surface area contributed by atoms with E-state index in [4.69, 9.17) is 21.7 Å². The van der Waals surface area contributed by atoms with E-state index in [1.807, 2.05) is 0 Å². The summed E-state index contributed by atoms with van der Waals surface area (Å²) in [5.41, 5.74) is 1.94. The molecule has 0 saturated carbocycles. The molecule has 2 aliphatic rings. The second kappa shape index (κ2) is 7.68. The number of aromatic nitrogens is 2.